The largest absolute Gasteiger partial charge is 0.445 e. The van der Waals surface area contributed by atoms with Gasteiger partial charge in [-0.05, 0) is 73.9 Å². The van der Waals surface area contributed by atoms with Gasteiger partial charge in [-0.15, -0.1) is 0 Å². The molecule has 4 heterocycles. The Hall–Kier alpha value is -4.13. The minimum Gasteiger partial charge on any atom is -0.445 e. The van der Waals surface area contributed by atoms with Crippen LogP contribution in [0.2, 0.25) is 36.3 Å². The molecule has 0 bridgehead atoms. The number of hydrogen-bond acceptors (Lipinski definition) is 13. The summed E-state index contributed by atoms with van der Waals surface area (Å²) < 4.78 is 60.4. The zero-order valence-electron chi connectivity index (χ0n) is 40.9. The molecule has 368 valence electrons. The molecule has 5 rings (SSSR count). The van der Waals surface area contributed by atoms with Gasteiger partial charge in [-0.3, -0.25) is 23.5 Å². The molecule has 0 radical (unpaired) electrons. The second-order valence-corrected chi connectivity index (χ2v) is 32.0. The summed E-state index contributed by atoms with van der Waals surface area (Å²) >= 11 is 0. The molecule has 3 aliphatic heterocycles. The lowest BCUT2D eigenvalue weighted by molar-refractivity contribution is -0.140. The first-order valence-corrected chi connectivity index (χ1v) is 30.0. The van der Waals surface area contributed by atoms with E-state index in [1.165, 1.54) is 15.7 Å². The molecule has 2 fully saturated rings. The van der Waals surface area contributed by atoms with Crippen LogP contribution < -0.4 is 27.6 Å². The number of nitrogens with zero attached hydrogens (tertiary/aromatic N) is 3. The normalized spacial score (nSPS) is 23.8. The number of alkyl carbamates (subject to hydrolysis) is 1. The minimum atomic E-state index is -4.32. The molecule has 3 amide bonds. The summed E-state index contributed by atoms with van der Waals surface area (Å²) in [7, 11) is -9.62. The maximum atomic E-state index is 14.6. The number of carbonyl (C=O) groups excluding carboxylic acids is 3. The Morgan fingerprint density at radius 1 is 1.00 bits per heavy atom. The van der Waals surface area contributed by atoms with E-state index in [2.05, 4.69) is 31.4 Å². The highest BCUT2D eigenvalue weighted by Gasteiger charge is 2.67. The predicted octanol–water partition coefficient (Wildman–Crippen LogP) is 4.98. The third-order valence-corrected chi connectivity index (χ3v) is 23.8. The highest BCUT2D eigenvalue weighted by atomic mass is 32.2. The van der Waals surface area contributed by atoms with E-state index in [1.54, 1.807) is 20.8 Å². The Labute approximate surface area is 391 Å². The van der Waals surface area contributed by atoms with Gasteiger partial charge in [-0.25, -0.2) is 13.8 Å². The molecular weight excluding hydrogens is 905 g/mol. The fraction of sp³-hybridized carbons (Fsp3) is 0.667. The van der Waals surface area contributed by atoms with Crippen molar-refractivity contribution in [3.05, 3.63) is 79.6 Å². The Morgan fingerprint density at radius 2 is 1.64 bits per heavy atom. The maximum absolute atomic E-state index is 14.6. The van der Waals surface area contributed by atoms with E-state index in [4.69, 9.17) is 28.2 Å². The van der Waals surface area contributed by atoms with Crippen LogP contribution in [-0.2, 0) is 55.4 Å². The van der Waals surface area contributed by atoms with Crippen molar-refractivity contribution in [1.29, 1.82) is 0 Å². The Balaban J connectivity index is 1.36. The standard InChI is InChI=1S/C45H72N6O12SSi2/c1-29(2)35(48-41(55)59-26-31-19-15-14-16-20-31)39(54)49-23-17-21-32(49)37(52)47-22-18-24-50-38(53)30(3)25-51(42(50)56)40-36(62-66(12,13)44(7,8)9)45(33(46)28-64(57,58)63-45)34(61-40)27-60-65(10,11)43(4,5)6/h14-16,19-20,25,28-29,32,34-36,40H,17-18,21-24,26-27,46H2,1-13H3,(H,47,52)(H,48,55)/t32-,34?,35-,36?,40?,45?/m0/s1. The summed E-state index contributed by atoms with van der Waals surface area (Å²) in [5.74, 6) is -1.10. The number of rotatable bonds is 16. The van der Waals surface area contributed by atoms with Gasteiger partial charge in [0.15, 0.2) is 28.5 Å². The lowest BCUT2D eigenvalue weighted by Gasteiger charge is -2.43. The van der Waals surface area contributed by atoms with Crippen LogP contribution in [0.5, 0.6) is 0 Å². The van der Waals surface area contributed by atoms with Gasteiger partial charge in [0.1, 0.15) is 30.9 Å². The molecular formula is C45H72N6O12SSi2. The van der Waals surface area contributed by atoms with E-state index >= 15 is 0 Å². The van der Waals surface area contributed by atoms with Crippen molar-refractivity contribution in [1.82, 2.24) is 24.7 Å². The Bertz CT molecular complexity index is 2370. The van der Waals surface area contributed by atoms with Gasteiger partial charge >= 0.3 is 11.8 Å². The number of hydrogen-bond donors (Lipinski definition) is 3. The number of nitrogens with one attached hydrogen (secondary N) is 2. The molecule has 1 aromatic heterocycles. The molecule has 1 spiro atoms. The van der Waals surface area contributed by atoms with Crippen molar-refractivity contribution < 1.29 is 45.3 Å². The monoisotopic (exact) mass is 976 g/mol. The minimum absolute atomic E-state index is 0.0335. The Morgan fingerprint density at radius 3 is 2.21 bits per heavy atom. The topological polar surface area (TPSA) is 229 Å². The summed E-state index contributed by atoms with van der Waals surface area (Å²) in [5, 5.41) is 5.80. The number of amides is 3. The number of benzene rings is 1. The molecule has 6 atom stereocenters. The van der Waals surface area contributed by atoms with E-state index in [0.717, 1.165) is 15.5 Å². The third kappa shape index (κ3) is 11.2. The van der Waals surface area contributed by atoms with Crippen LogP contribution in [0.4, 0.5) is 4.79 Å². The number of carbonyl (C=O) groups is 3. The van der Waals surface area contributed by atoms with Crippen LogP contribution in [0.1, 0.15) is 92.0 Å². The van der Waals surface area contributed by atoms with Crippen molar-refractivity contribution in [3.8, 4) is 0 Å². The smallest absolute Gasteiger partial charge is 0.408 e. The van der Waals surface area contributed by atoms with Gasteiger partial charge in [0, 0.05) is 31.4 Å². The number of aryl methyl sites for hydroxylation is 1. The van der Waals surface area contributed by atoms with Gasteiger partial charge in [0.25, 0.3) is 15.7 Å². The highest BCUT2D eigenvalue weighted by Crippen LogP contribution is 2.52. The number of aromatic nitrogens is 2. The van der Waals surface area contributed by atoms with Crippen LogP contribution in [0.15, 0.2) is 57.2 Å². The molecule has 3 aliphatic rings. The number of nitrogens with two attached hydrogens (primary N) is 1. The SMILES string of the molecule is Cc1cn(C2OC(CO[Si](C)(C)C(C)(C)C)C3(OS(=O)(=O)C=C3N)C2O[Si](C)(C)C(C)(C)C)c(=O)n(CCCNC(=O)[C@@H]2CCCN2C(=O)[C@@H](NC(=O)OCc2ccccc2)C(C)C)c1=O. The molecule has 0 aliphatic carbocycles. The van der Waals surface area contributed by atoms with E-state index in [9.17, 15) is 32.4 Å². The first-order chi connectivity index (χ1) is 30.4. The molecule has 21 heteroatoms. The van der Waals surface area contributed by atoms with Gasteiger partial charge in [0.05, 0.1) is 17.7 Å². The summed E-state index contributed by atoms with van der Waals surface area (Å²) in [6.45, 7) is 25.7. The zero-order valence-corrected chi connectivity index (χ0v) is 43.7. The van der Waals surface area contributed by atoms with Crippen molar-refractivity contribution >= 4 is 44.7 Å². The van der Waals surface area contributed by atoms with E-state index in [1.807, 2.05) is 77.3 Å². The molecule has 4 unspecified atom stereocenters. The van der Waals surface area contributed by atoms with Crippen LogP contribution in [0.3, 0.4) is 0 Å². The number of ether oxygens (including phenoxy) is 2. The summed E-state index contributed by atoms with van der Waals surface area (Å²) in [4.78, 5) is 69.9. The first-order valence-electron chi connectivity index (χ1n) is 22.7. The highest BCUT2D eigenvalue weighted by molar-refractivity contribution is 7.90. The zero-order chi connectivity index (χ0) is 49.4. The maximum Gasteiger partial charge on any atom is 0.408 e. The van der Waals surface area contributed by atoms with E-state index in [-0.39, 0.29) is 60.0 Å². The van der Waals surface area contributed by atoms with E-state index < -0.39 is 92.0 Å². The quantitative estimate of drug-likeness (QED) is 0.115. The summed E-state index contributed by atoms with van der Waals surface area (Å²) in [6, 6.07) is 7.44. The van der Waals surface area contributed by atoms with Gasteiger partial charge < -0.3 is 39.6 Å². The molecule has 18 nitrogen and oxygen atoms in total. The Kier molecular flexibility index (Phi) is 15.9. The molecule has 2 aromatic rings. The molecule has 0 saturated carbocycles. The number of likely N-dealkylation sites (tertiary alicyclic amines) is 1. The fourth-order valence-electron chi connectivity index (χ4n) is 7.81. The van der Waals surface area contributed by atoms with Crippen LogP contribution >= 0.6 is 0 Å². The van der Waals surface area contributed by atoms with Gasteiger partial charge in [0.2, 0.25) is 11.8 Å². The average Bonchev–Trinajstić information content (AvgIpc) is 3.89. The van der Waals surface area contributed by atoms with Gasteiger partial charge in [-0.2, -0.15) is 8.42 Å². The molecule has 4 N–H and O–H groups in total. The van der Waals surface area contributed by atoms with Crippen molar-refractivity contribution in [3.63, 3.8) is 0 Å². The first kappa shape index (κ1) is 52.8. The summed E-state index contributed by atoms with van der Waals surface area (Å²) in [6.07, 6.45) is -1.95. The molecule has 1 aromatic carbocycles. The van der Waals surface area contributed by atoms with Crippen molar-refractivity contribution in [2.45, 2.75) is 167 Å². The average molecular weight is 977 g/mol. The molecule has 2 saturated heterocycles. The van der Waals surface area contributed by atoms with Crippen molar-refractivity contribution in [2.24, 2.45) is 11.7 Å². The molecule has 66 heavy (non-hydrogen) atoms. The van der Waals surface area contributed by atoms with Crippen LogP contribution in [0.25, 0.3) is 0 Å². The van der Waals surface area contributed by atoms with Crippen molar-refractivity contribution in [2.75, 3.05) is 19.7 Å². The second-order valence-electron chi connectivity index (χ2n) is 21.0. The van der Waals surface area contributed by atoms with Crippen LogP contribution in [-0.4, -0.2) is 107 Å². The lowest BCUT2D eigenvalue weighted by atomic mass is 9.89. The van der Waals surface area contributed by atoms with Crippen LogP contribution in [0, 0.1) is 12.8 Å². The van der Waals surface area contributed by atoms with Gasteiger partial charge in [-0.1, -0.05) is 85.7 Å². The predicted molar refractivity (Wildman–Crippen MR) is 255 cm³/mol. The third-order valence-electron chi connectivity index (χ3n) is 13.8. The lowest BCUT2D eigenvalue weighted by Crippen LogP contribution is -2.59. The second kappa shape index (κ2) is 19.8. The van der Waals surface area contributed by atoms with E-state index in [0.29, 0.717) is 19.4 Å². The summed E-state index contributed by atoms with van der Waals surface area (Å²) in [5.41, 5.74) is 4.27. The fourth-order valence-corrected chi connectivity index (χ4v) is 11.3.